The summed E-state index contributed by atoms with van der Waals surface area (Å²) < 4.78 is 6.69. The van der Waals surface area contributed by atoms with Crippen molar-refractivity contribution in [2.24, 2.45) is 5.92 Å². The number of carbonyl (C=O) groups excluding carboxylic acids is 1. The number of aliphatic hydroxyl groups is 1. The van der Waals surface area contributed by atoms with Gasteiger partial charge in [-0.2, -0.15) is 0 Å². The van der Waals surface area contributed by atoms with E-state index in [0.29, 0.717) is 18.7 Å². The Bertz CT molecular complexity index is 392. The SMILES string of the molecule is CC(C)[C@H](Oc1ccc(Br)cc1)C(=O)NCCCO. The van der Waals surface area contributed by atoms with Gasteiger partial charge in [0.1, 0.15) is 5.75 Å². The molecule has 1 atom stereocenters. The quantitative estimate of drug-likeness (QED) is 0.755. The van der Waals surface area contributed by atoms with Gasteiger partial charge in [0.2, 0.25) is 0 Å². The van der Waals surface area contributed by atoms with Crippen LogP contribution in [0.2, 0.25) is 0 Å². The Kier molecular flexibility index (Phi) is 6.87. The molecule has 5 heteroatoms. The summed E-state index contributed by atoms with van der Waals surface area (Å²) in [5.74, 6) is 0.586. The second-order valence-electron chi connectivity index (χ2n) is 4.60. The first kappa shape index (κ1) is 16.0. The van der Waals surface area contributed by atoms with Crippen molar-refractivity contribution in [3.05, 3.63) is 28.7 Å². The number of nitrogens with one attached hydrogen (secondary N) is 1. The van der Waals surface area contributed by atoms with E-state index >= 15 is 0 Å². The Labute approximate surface area is 122 Å². The lowest BCUT2D eigenvalue weighted by Crippen LogP contribution is -2.42. The van der Waals surface area contributed by atoms with Gasteiger partial charge in [-0.3, -0.25) is 4.79 Å². The highest BCUT2D eigenvalue weighted by Crippen LogP contribution is 2.19. The maximum absolute atomic E-state index is 12.0. The highest BCUT2D eigenvalue weighted by atomic mass is 79.9. The van der Waals surface area contributed by atoms with Gasteiger partial charge in [-0.15, -0.1) is 0 Å². The van der Waals surface area contributed by atoms with Gasteiger partial charge in [0, 0.05) is 17.6 Å². The van der Waals surface area contributed by atoms with Gasteiger partial charge in [-0.05, 0) is 36.6 Å². The van der Waals surface area contributed by atoms with Crippen molar-refractivity contribution >= 4 is 21.8 Å². The molecule has 1 aromatic rings. The fourth-order valence-corrected chi connectivity index (χ4v) is 1.81. The third kappa shape index (κ3) is 5.61. The molecule has 0 fully saturated rings. The lowest BCUT2D eigenvalue weighted by Gasteiger charge is -2.21. The number of ether oxygens (including phenoxy) is 1. The van der Waals surface area contributed by atoms with Crippen molar-refractivity contribution in [3.8, 4) is 5.75 Å². The minimum Gasteiger partial charge on any atom is -0.480 e. The Balaban J connectivity index is 2.62. The second kappa shape index (κ2) is 8.17. The molecule has 1 aromatic carbocycles. The Morgan fingerprint density at radius 3 is 2.53 bits per heavy atom. The predicted molar refractivity (Wildman–Crippen MR) is 78.1 cm³/mol. The van der Waals surface area contributed by atoms with Crippen LogP contribution in [-0.4, -0.2) is 30.3 Å². The van der Waals surface area contributed by atoms with E-state index in [9.17, 15) is 4.79 Å². The summed E-state index contributed by atoms with van der Waals surface area (Å²) in [6.45, 7) is 4.41. The standard InChI is InChI=1S/C14H20BrNO3/c1-10(2)13(14(18)16-8-3-9-17)19-12-6-4-11(15)5-7-12/h4-7,10,13,17H,3,8-9H2,1-2H3,(H,16,18)/t13-/m0/s1. The van der Waals surface area contributed by atoms with Crippen molar-refractivity contribution < 1.29 is 14.6 Å². The van der Waals surface area contributed by atoms with Crippen LogP contribution in [0.15, 0.2) is 28.7 Å². The summed E-state index contributed by atoms with van der Waals surface area (Å²) in [6, 6.07) is 7.38. The largest absolute Gasteiger partial charge is 0.480 e. The van der Waals surface area contributed by atoms with Crippen LogP contribution in [-0.2, 0) is 4.79 Å². The molecule has 19 heavy (non-hydrogen) atoms. The van der Waals surface area contributed by atoms with Crippen LogP contribution in [0, 0.1) is 5.92 Å². The van der Waals surface area contributed by atoms with E-state index in [4.69, 9.17) is 9.84 Å². The molecule has 0 spiro atoms. The topological polar surface area (TPSA) is 58.6 Å². The number of amides is 1. The van der Waals surface area contributed by atoms with Crippen LogP contribution in [0.4, 0.5) is 0 Å². The molecule has 0 saturated heterocycles. The van der Waals surface area contributed by atoms with Crippen LogP contribution < -0.4 is 10.1 Å². The smallest absolute Gasteiger partial charge is 0.261 e. The van der Waals surface area contributed by atoms with Crippen LogP contribution in [0.1, 0.15) is 20.3 Å². The first-order valence-electron chi connectivity index (χ1n) is 6.35. The van der Waals surface area contributed by atoms with Gasteiger partial charge in [0.25, 0.3) is 5.91 Å². The fourth-order valence-electron chi connectivity index (χ4n) is 1.54. The van der Waals surface area contributed by atoms with Gasteiger partial charge in [-0.1, -0.05) is 29.8 Å². The number of halogens is 1. The van der Waals surface area contributed by atoms with E-state index in [0.717, 1.165) is 4.47 Å². The molecule has 0 unspecified atom stereocenters. The summed E-state index contributed by atoms with van der Waals surface area (Å²) >= 11 is 3.35. The third-order valence-electron chi connectivity index (χ3n) is 2.57. The molecular weight excluding hydrogens is 310 g/mol. The molecule has 0 bridgehead atoms. The molecule has 0 aliphatic heterocycles. The van der Waals surface area contributed by atoms with E-state index in [1.165, 1.54) is 0 Å². The maximum Gasteiger partial charge on any atom is 0.261 e. The Hall–Kier alpha value is -1.07. The zero-order valence-electron chi connectivity index (χ0n) is 11.2. The summed E-state index contributed by atoms with van der Waals surface area (Å²) in [4.78, 5) is 12.0. The minimum atomic E-state index is -0.528. The molecule has 1 rings (SSSR count). The van der Waals surface area contributed by atoms with Gasteiger partial charge < -0.3 is 15.2 Å². The number of aliphatic hydroxyl groups excluding tert-OH is 1. The summed E-state index contributed by atoms with van der Waals surface area (Å²) in [5, 5.41) is 11.5. The molecular formula is C14H20BrNO3. The zero-order chi connectivity index (χ0) is 14.3. The molecule has 0 aromatic heterocycles. The van der Waals surface area contributed by atoms with Crippen molar-refractivity contribution in [1.82, 2.24) is 5.32 Å². The van der Waals surface area contributed by atoms with Crippen molar-refractivity contribution in [1.29, 1.82) is 0 Å². The van der Waals surface area contributed by atoms with Crippen LogP contribution in [0.25, 0.3) is 0 Å². The predicted octanol–water partition coefficient (Wildman–Crippen LogP) is 2.35. The molecule has 2 N–H and O–H groups in total. The van der Waals surface area contributed by atoms with Crippen molar-refractivity contribution in [3.63, 3.8) is 0 Å². The first-order chi connectivity index (χ1) is 9.04. The molecule has 0 aliphatic carbocycles. The molecule has 1 amide bonds. The van der Waals surface area contributed by atoms with Gasteiger partial charge in [0.15, 0.2) is 6.10 Å². The number of hydrogen-bond acceptors (Lipinski definition) is 3. The highest BCUT2D eigenvalue weighted by molar-refractivity contribution is 9.10. The van der Waals surface area contributed by atoms with Crippen LogP contribution >= 0.6 is 15.9 Å². The lowest BCUT2D eigenvalue weighted by molar-refractivity contribution is -0.129. The minimum absolute atomic E-state index is 0.0674. The lowest BCUT2D eigenvalue weighted by atomic mass is 10.1. The summed E-state index contributed by atoms with van der Waals surface area (Å²) in [7, 11) is 0. The zero-order valence-corrected chi connectivity index (χ0v) is 12.8. The van der Waals surface area contributed by atoms with Crippen molar-refractivity contribution in [2.45, 2.75) is 26.4 Å². The number of hydrogen-bond donors (Lipinski definition) is 2. The maximum atomic E-state index is 12.0. The highest BCUT2D eigenvalue weighted by Gasteiger charge is 2.23. The monoisotopic (exact) mass is 329 g/mol. The average Bonchev–Trinajstić information content (AvgIpc) is 2.37. The Morgan fingerprint density at radius 1 is 1.37 bits per heavy atom. The van der Waals surface area contributed by atoms with Gasteiger partial charge in [-0.25, -0.2) is 0 Å². The fraction of sp³-hybridized carbons (Fsp3) is 0.500. The summed E-state index contributed by atoms with van der Waals surface area (Å²) in [6.07, 6.45) is 0.0225. The number of carbonyl (C=O) groups is 1. The number of benzene rings is 1. The van der Waals surface area contributed by atoms with E-state index < -0.39 is 6.10 Å². The molecule has 4 nitrogen and oxygen atoms in total. The summed E-state index contributed by atoms with van der Waals surface area (Å²) in [5.41, 5.74) is 0. The van der Waals surface area contributed by atoms with E-state index in [-0.39, 0.29) is 18.4 Å². The molecule has 0 heterocycles. The third-order valence-corrected chi connectivity index (χ3v) is 3.10. The molecule has 0 radical (unpaired) electrons. The second-order valence-corrected chi connectivity index (χ2v) is 5.52. The molecule has 106 valence electrons. The number of rotatable bonds is 7. The van der Waals surface area contributed by atoms with Crippen LogP contribution in [0.3, 0.4) is 0 Å². The van der Waals surface area contributed by atoms with Gasteiger partial charge in [0.05, 0.1) is 0 Å². The average molecular weight is 330 g/mol. The molecule has 0 saturated carbocycles. The van der Waals surface area contributed by atoms with Gasteiger partial charge >= 0.3 is 0 Å². The van der Waals surface area contributed by atoms with Crippen molar-refractivity contribution in [2.75, 3.05) is 13.2 Å². The van der Waals surface area contributed by atoms with E-state index in [1.54, 1.807) is 0 Å². The van der Waals surface area contributed by atoms with E-state index in [2.05, 4.69) is 21.2 Å². The first-order valence-corrected chi connectivity index (χ1v) is 7.14. The van der Waals surface area contributed by atoms with Crippen LogP contribution in [0.5, 0.6) is 5.75 Å². The van der Waals surface area contributed by atoms with E-state index in [1.807, 2.05) is 38.1 Å². The Morgan fingerprint density at radius 2 is 2.00 bits per heavy atom. The normalized spacial score (nSPS) is 12.3. The molecule has 0 aliphatic rings.